The van der Waals surface area contributed by atoms with E-state index in [1.54, 1.807) is 5.56 Å². The number of hydrogen-bond acceptors (Lipinski definition) is 1. The Hall–Kier alpha value is -0.760. The second-order valence-corrected chi connectivity index (χ2v) is 5.01. The molecule has 1 aliphatic rings. The van der Waals surface area contributed by atoms with Crippen molar-refractivity contribution in [1.82, 2.24) is 9.88 Å². The van der Waals surface area contributed by atoms with E-state index in [9.17, 15) is 0 Å². The number of H-pyrrole nitrogens is 1. The van der Waals surface area contributed by atoms with Gasteiger partial charge in [0.15, 0.2) is 0 Å². The lowest BCUT2D eigenvalue weighted by Crippen LogP contribution is -2.42. The number of aromatic nitrogens is 1. The third-order valence-corrected chi connectivity index (χ3v) is 3.74. The van der Waals surface area contributed by atoms with Gasteiger partial charge in [0.2, 0.25) is 0 Å². The van der Waals surface area contributed by atoms with E-state index in [0.717, 1.165) is 0 Å². The minimum absolute atomic E-state index is 0.648. The van der Waals surface area contributed by atoms with Crippen LogP contribution in [0.2, 0.25) is 0 Å². The van der Waals surface area contributed by atoms with Gasteiger partial charge in [-0.25, -0.2) is 0 Å². The number of nitrogens with one attached hydrogen (secondary N) is 1. The van der Waals surface area contributed by atoms with E-state index >= 15 is 0 Å². The first-order chi connectivity index (χ1) is 7.77. The zero-order chi connectivity index (χ0) is 11.5. The molecule has 1 aliphatic heterocycles. The zero-order valence-corrected chi connectivity index (χ0v) is 10.8. The third-order valence-electron chi connectivity index (χ3n) is 3.74. The molecular weight excluding hydrogens is 196 g/mol. The molecule has 16 heavy (non-hydrogen) atoms. The molecule has 90 valence electrons. The van der Waals surface area contributed by atoms with Gasteiger partial charge < -0.3 is 4.98 Å². The monoisotopic (exact) mass is 220 g/mol. The highest BCUT2D eigenvalue weighted by Crippen LogP contribution is 2.35. The number of aromatic amines is 1. The topological polar surface area (TPSA) is 19.0 Å². The van der Waals surface area contributed by atoms with E-state index in [4.69, 9.17) is 0 Å². The van der Waals surface area contributed by atoms with Crippen LogP contribution < -0.4 is 0 Å². The first-order valence-corrected chi connectivity index (χ1v) is 6.69. The predicted molar refractivity (Wildman–Crippen MR) is 68.6 cm³/mol. The van der Waals surface area contributed by atoms with Gasteiger partial charge in [-0.3, -0.25) is 4.90 Å². The Balaban J connectivity index is 2.26. The smallest absolute Gasteiger partial charge is 0.0368 e. The van der Waals surface area contributed by atoms with Crippen molar-refractivity contribution in [1.29, 1.82) is 0 Å². The SMILES string of the molecule is CCCC1c2cc[nH]c2CC(C)N1CCC. The maximum atomic E-state index is 3.41. The number of fused-ring (bicyclic) bond motifs is 1. The molecule has 1 aromatic rings. The van der Waals surface area contributed by atoms with Gasteiger partial charge in [0, 0.05) is 30.4 Å². The third kappa shape index (κ3) is 2.03. The lowest BCUT2D eigenvalue weighted by Gasteiger charge is -2.40. The van der Waals surface area contributed by atoms with Crippen LogP contribution in [0, 0.1) is 0 Å². The molecule has 2 heteroatoms. The minimum atomic E-state index is 0.648. The van der Waals surface area contributed by atoms with Gasteiger partial charge in [-0.1, -0.05) is 20.3 Å². The fourth-order valence-corrected chi connectivity index (χ4v) is 3.03. The minimum Gasteiger partial charge on any atom is -0.365 e. The molecule has 2 heterocycles. The predicted octanol–water partition coefficient (Wildman–Crippen LogP) is 3.51. The van der Waals surface area contributed by atoms with Crippen LogP contribution in [0.15, 0.2) is 12.3 Å². The summed E-state index contributed by atoms with van der Waals surface area (Å²) in [7, 11) is 0. The van der Waals surface area contributed by atoms with E-state index < -0.39 is 0 Å². The molecule has 0 saturated carbocycles. The molecule has 1 aromatic heterocycles. The zero-order valence-electron chi connectivity index (χ0n) is 10.8. The maximum Gasteiger partial charge on any atom is 0.0368 e. The Kier molecular flexibility index (Phi) is 3.70. The lowest BCUT2D eigenvalue weighted by atomic mass is 9.91. The van der Waals surface area contributed by atoms with E-state index in [1.807, 2.05) is 0 Å². The Morgan fingerprint density at radius 1 is 1.38 bits per heavy atom. The van der Waals surface area contributed by atoms with Crippen LogP contribution in [0.5, 0.6) is 0 Å². The summed E-state index contributed by atoms with van der Waals surface area (Å²) in [6, 6.07) is 3.61. The summed E-state index contributed by atoms with van der Waals surface area (Å²) in [5.74, 6) is 0. The van der Waals surface area contributed by atoms with Gasteiger partial charge in [-0.2, -0.15) is 0 Å². The van der Waals surface area contributed by atoms with E-state index in [1.165, 1.54) is 37.9 Å². The van der Waals surface area contributed by atoms with Crippen molar-refractivity contribution < 1.29 is 0 Å². The summed E-state index contributed by atoms with van der Waals surface area (Å²) < 4.78 is 0. The molecule has 2 nitrogen and oxygen atoms in total. The molecule has 2 unspecified atom stereocenters. The first-order valence-electron chi connectivity index (χ1n) is 6.69. The van der Waals surface area contributed by atoms with Crippen LogP contribution in [0.4, 0.5) is 0 Å². The largest absolute Gasteiger partial charge is 0.365 e. The van der Waals surface area contributed by atoms with Gasteiger partial charge >= 0.3 is 0 Å². The Morgan fingerprint density at radius 3 is 2.88 bits per heavy atom. The quantitative estimate of drug-likeness (QED) is 0.822. The van der Waals surface area contributed by atoms with Crippen molar-refractivity contribution in [3.05, 3.63) is 23.5 Å². The molecule has 0 radical (unpaired) electrons. The average Bonchev–Trinajstić information content (AvgIpc) is 2.71. The highest BCUT2D eigenvalue weighted by Gasteiger charge is 2.31. The normalized spacial score (nSPS) is 25.7. The van der Waals surface area contributed by atoms with Crippen LogP contribution in [-0.2, 0) is 6.42 Å². The molecule has 0 spiro atoms. The average molecular weight is 220 g/mol. The molecular formula is C14H24N2. The highest BCUT2D eigenvalue weighted by atomic mass is 15.2. The molecule has 0 amide bonds. The van der Waals surface area contributed by atoms with Crippen molar-refractivity contribution in [2.24, 2.45) is 0 Å². The summed E-state index contributed by atoms with van der Waals surface area (Å²) in [5.41, 5.74) is 3.02. The van der Waals surface area contributed by atoms with Gasteiger partial charge in [0.25, 0.3) is 0 Å². The fourth-order valence-electron chi connectivity index (χ4n) is 3.03. The Bertz CT molecular complexity index is 329. The van der Waals surface area contributed by atoms with E-state index in [-0.39, 0.29) is 0 Å². The summed E-state index contributed by atoms with van der Waals surface area (Å²) in [5, 5.41) is 0. The second-order valence-electron chi connectivity index (χ2n) is 5.01. The number of hydrogen-bond donors (Lipinski definition) is 1. The molecule has 0 fully saturated rings. The standard InChI is InChI=1S/C14H24N2/c1-4-6-14-12-7-8-15-13(12)10-11(3)16(14)9-5-2/h7-8,11,14-15H,4-6,9-10H2,1-3H3. The molecule has 2 atom stereocenters. The van der Waals surface area contributed by atoms with Gasteiger partial charge in [0.1, 0.15) is 0 Å². The molecule has 1 N–H and O–H groups in total. The number of rotatable bonds is 4. The van der Waals surface area contributed by atoms with Crippen molar-refractivity contribution in [2.45, 2.75) is 58.5 Å². The van der Waals surface area contributed by atoms with Crippen LogP contribution in [0.3, 0.4) is 0 Å². The van der Waals surface area contributed by atoms with Gasteiger partial charge in [-0.15, -0.1) is 0 Å². The van der Waals surface area contributed by atoms with Crippen LogP contribution in [-0.4, -0.2) is 22.5 Å². The van der Waals surface area contributed by atoms with Crippen LogP contribution in [0.25, 0.3) is 0 Å². The highest BCUT2D eigenvalue weighted by molar-refractivity contribution is 5.28. The van der Waals surface area contributed by atoms with Crippen molar-refractivity contribution >= 4 is 0 Å². The second kappa shape index (κ2) is 5.05. The van der Waals surface area contributed by atoms with E-state index in [2.05, 4.69) is 42.9 Å². The summed E-state index contributed by atoms with van der Waals surface area (Å²) in [6.45, 7) is 8.16. The van der Waals surface area contributed by atoms with Crippen LogP contribution in [0.1, 0.15) is 57.3 Å². The van der Waals surface area contributed by atoms with E-state index in [0.29, 0.717) is 12.1 Å². The summed E-state index contributed by atoms with van der Waals surface area (Å²) >= 11 is 0. The molecule has 0 saturated heterocycles. The van der Waals surface area contributed by atoms with Crippen molar-refractivity contribution in [2.75, 3.05) is 6.54 Å². The molecule has 0 aromatic carbocycles. The fraction of sp³-hybridized carbons (Fsp3) is 0.714. The molecule has 0 bridgehead atoms. The maximum absolute atomic E-state index is 3.41. The summed E-state index contributed by atoms with van der Waals surface area (Å²) in [6.07, 6.45) is 7.10. The lowest BCUT2D eigenvalue weighted by molar-refractivity contribution is 0.119. The first kappa shape index (κ1) is 11.7. The Morgan fingerprint density at radius 2 is 2.19 bits per heavy atom. The molecule has 0 aliphatic carbocycles. The Labute approximate surface area is 99.0 Å². The summed E-state index contributed by atoms with van der Waals surface area (Å²) in [4.78, 5) is 6.11. The molecule has 2 rings (SSSR count). The van der Waals surface area contributed by atoms with Gasteiger partial charge in [0.05, 0.1) is 0 Å². The number of nitrogens with zero attached hydrogens (tertiary/aromatic N) is 1. The van der Waals surface area contributed by atoms with Gasteiger partial charge in [-0.05, 0) is 37.9 Å². The van der Waals surface area contributed by atoms with Crippen LogP contribution >= 0.6 is 0 Å². The van der Waals surface area contributed by atoms with Crippen molar-refractivity contribution in [3.8, 4) is 0 Å². The van der Waals surface area contributed by atoms with Crippen molar-refractivity contribution in [3.63, 3.8) is 0 Å².